The third-order valence-electron chi connectivity index (χ3n) is 6.93. The molecule has 40 heavy (non-hydrogen) atoms. The Kier molecular flexibility index (Phi) is 5.72. The van der Waals surface area contributed by atoms with Gasteiger partial charge < -0.3 is 4.90 Å². The van der Waals surface area contributed by atoms with Gasteiger partial charge in [-0.25, -0.2) is 0 Å². The van der Waals surface area contributed by atoms with E-state index in [-0.39, 0.29) is 33.1 Å². The lowest BCUT2D eigenvalue weighted by Gasteiger charge is -2.27. The minimum atomic E-state index is -0.450. The normalized spacial score (nSPS) is 13.4. The van der Waals surface area contributed by atoms with Crippen LogP contribution in [0.15, 0.2) is 121 Å². The summed E-state index contributed by atoms with van der Waals surface area (Å²) in [5.41, 5.74) is 5.94. The highest BCUT2D eigenvalue weighted by molar-refractivity contribution is 7.17. The lowest BCUT2D eigenvalue weighted by atomic mass is 9.86. The molecule has 0 saturated carbocycles. The van der Waals surface area contributed by atoms with Crippen molar-refractivity contribution in [2.75, 3.05) is 4.90 Å². The first-order chi connectivity index (χ1) is 21.4. The zero-order valence-electron chi connectivity index (χ0n) is 27.3. The molecule has 0 radical (unpaired) electrons. The zero-order valence-corrected chi connectivity index (χ0v) is 24.6. The van der Waals surface area contributed by atoms with Crippen LogP contribution in [0.3, 0.4) is 0 Å². The minimum Gasteiger partial charge on any atom is -0.307 e. The van der Waals surface area contributed by atoms with Gasteiger partial charge in [-0.15, -0.1) is 11.3 Å². The van der Waals surface area contributed by atoms with Crippen molar-refractivity contribution in [1.29, 1.82) is 0 Å². The van der Waals surface area contributed by atoms with Gasteiger partial charge in [0.2, 0.25) is 0 Å². The maximum Gasteiger partial charge on any atom is 0.0833 e. The Morgan fingerprint density at radius 1 is 0.700 bits per heavy atom. The first-order valence-corrected chi connectivity index (χ1v) is 14.5. The summed E-state index contributed by atoms with van der Waals surface area (Å²) >= 11 is 15.4. The first kappa shape index (κ1) is 21.2. The van der Waals surface area contributed by atoms with Crippen molar-refractivity contribution in [3.63, 3.8) is 0 Å². The number of thiophene rings is 1. The van der Waals surface area contributed by atoms with Gasteiger partial charge in [0.1, 0.15) is 0 Å². The summed E-state index contributed by atoms with van der Waals surface area (Å²) in [5, 5.41) is 3.62. The van der Waals surface area contributed by atoms with Crippen LogP contribution in [0.5, 0.6) is 0 Å². The molecular formula is C36H29Cl2NS. The van der Waals surface area contributed by atoms with Crippen molar-refractivity contribution in [3.05, 3.63) is 136 Å². The molecule has 5 aromatic carbocycles. The molecule has 0 aliphatic heterocycles. The van der Waals surface area contributed by atoms with E-state index in [9.17, 15) is 0 Å². The topological polar surface area (TPSA) is 3.24 Å². The predicted octanol–water partition coefficient (Wildman–Crippen LogP) is 12.3. The van der Waals surface area contributed by atoms with Crippen LogP contribution in [-0.4, -0.2) is 0 Å². The van der Waals surface area contributed by atoms with Gasteiger partial charge in [0.25, 0.3) is 0 Å². The second-order valence-corrected chi connectivity index (χ2v) is 12.3. The Labute approximate surface area is 257 Å². The summed E-state index contributed by atoms with van der Waals surface area (Å²) in [6.07, 6.45) is 0. The monoisotopic (exact) mass is 582 g/mol. The minimum absolute atomic E-state index is 0.0605. The van der Waals surface area contributed by atoms with Crippen LogP contribution in [0, 0.1) is 0 Å². The van der Waals surface area contributed by atoms with Crippen LogP contribution < -0.4 is 4.90 Å². The van der Waals surface area contributed by atoms with Crippen molar-refractivity contribution >= 4 is 61.7 Å². The molecule has 6 rings (SSSR count). The van der Waals surface area contributed by atoms with Crippen molar-refractivity contribution < 1.29 is 6.85 Å². The van der Waals surface area contributed by atoms with Crippen LogP contribution in [0.25, 0.3) is 32.3 Å². The molecule has 0 aliphatic carbocycles. The van der Waals surface area contributed by atoms with Gasteiger partial charge in [-0.2, -0.15) is 0 Å². The van der Waals surface area contributed by atoms with Crippen LogP contribution >= 0.6 is 34.5 Å². The maximum absolute atomic E-state index is 8.61. The Morgan fingerprint density at radius 3 is 2.10 bits per heavy atom. The third kappa shape index (κ3) is 5.15. The lowest BCUT2D eigenvalue weighted by molar-refractivity contribution is 0.591. The second-order valence-electron chi connectivity index (χ2n) is 10.6. The molecule has 0 atom stereocenters. The third-order valence-corrected chi connectivity index (χ3v) is 8.67. The molecule has 6 aromatic rings. The molecule has 1 aromatic heterocycles. The van der Waals surface area contributed by atoms with Crippen LogP contribution in [0.1, 0.15) is 33.2 Å². The van der Waals surface area contributed by atoms with Gasteiger partial charge in [-0.3, -0.25) is 0 Å². The summed E-state index contributed by atoms with van der Waals surface area (Å²) in [6, 6.07) is 26.2. The summed E-state index contributed by atoms with van der Waals surface area (Å²) in [4.78, 5) is 2.03. The fraction of sp³-hybridized carbons (Fsp3) is 0.111. The summed E-state index contributed by atoms with van der Waals surface area (Å²) < 4.78 is 42.9. The quantitative estimate of drug-likeness (QED) is 0.195. The van der Waals surface area contributed by atoms with Gasteiger partial charge in [0, 0.05) is 21.2 Å². The van der Waals surface area contributed by atoms with Crippen LogP contribution in [0.4, 0.5) is 17.1 Å². The van der Waals surface area contributed by atoms with E-state index in [4.69, 9.17) is 30.1 Å². The molecule has 0 bridgehead atoms. The fourth-order valence-corrected chi connectivity index (χ4v) is 6.09. The first-order valence-electron chi connectivity index (χ1n) is 15.4. The molecule has 0 N–H and O–H groups in total. The Bertz CT molecular complexity index is 2040. The van der Waals surface area contributed by atoms with Crippen LogP contribution in [0.2, 0.25) is 10.0 Å². The SMILES string of the molecule is [2H]c1c([2H])c([2H])c(-c2cc(Cl)c(Cl)c(N(c3ccc(-c4ccccc4)cc3)c3csc4ccc(C(C)(C)C)cc34)c2)c([2H])c1[2H]. The summed E-state index contributed by atoms with van der Waals surface area (Å²) in [6.45, 7) is 6.54. The summed E-state index contributed by atoms with van der Waals surface area (Å²) in [7, 11) is 0. The number of halogens is 2. The lowest BCUT2D eigenvalue weighted by Crippen LogP contribution is -2.12. The molecular weight excluding hydrogens is 549 g/mol. The molecule has 1 nitrogen and oxygen atoms in total. The van der Waals surface area contributed by atoms with Gasteiger partial charge in [0.15, 0.2) is 0 Å². The van der Waals surface area contributed by atoms with Crippen molar-refractivity contribution in [3.8, 4) is 22.3 Å². The number of fused-ring (bicyclic) bond motifs is 1. The van der Waals surface area contributed by atoms with Gasteiger partial charge in [-0.1, -0.05) is 123 Å². The van der Waals surface area contributed by atoms with Crippen molar-refractivity contribution in [1.82, 2.24) is 0 Å². The van der Waals surface area contributed by atoms with E-state index in [1.807, 2.05) is 35.2 Å². The highest BCUT2D eigenvalue weighted by atomic mass is 35.5. The highest BCUT2D eigenvalue weighted by Gasteiger charge is 2.23. The van der Waals surface area contributed by atoms with Crippen LogP contribution in [-0.2, 0) is 5.41 Å². The Balaban J connectivity index is 1.62. The fourth-order valence-electron chi connectivity index (χ4n) is 4.77. The van der Waals surface area contributed by atoms with E-state index in [1.165, 1.54) is 5.56 Å². The van der Waals surface area contributed by atoms with E-state index in [2.05, 4.69) is 68.6 Å². The van der Waals surface area contributed by atoms with E-state index >= 15 is 0 Å². The maximum atomic E-state index is 8.61. The molecule has 0 amide bonds. The molecule has 198 valence electrons. The number of benzene rings is 5. The van der Waals surface area contributed by atoms with E-state index < -0.39 is 18.1 Å². The van der Waals surface area contributed by atoms with Gasteiger partial charge in [-0.05, 0) is 69.6 Å². The molecule has 0 saturated heterocycles. The second kappa shape index (κ2) is 10.8. The van der Waals surface area contributed by atoms with E-state index in [1.54, 1.807) is 23.5 Å². The number of hydrogen-bond donors (Lipinski definition) is 0. The van der Waals surface area contributed by atoms with Crippen molar-refractivity contribution in [2.24, 2.45) is 0 Å². The highest BCUT2D eigenvalue weighted by Crippen LogP contribution is 2.48. The number of anilines is 3. The average molecular weight is 584 g/mol. The number of hydrogen-bond acceptors (Lipinski definition) is 2. The number of rotatable bonds is 5. The zero-order chi connectivity index (χ0) is 32.2. The van der Waals surface area contributed by atoms with Gasteiger partial charge in [0.05, 0.1) is 28.3 Å². The Hall–Kier alpha value is -3.56. The van der Waals surface area contributed by atoms with E-state index in [0.29, 0.717) is 11.3 Å². The van der Waals surface area contributed by atoms with Gasteiger partial charge >= 0.3 is 0 Å². The molecule has 0 fully saturated rings. The van der Waals surface area contributed by atoms with Crippen molar-refractivity contribution in [2.45, 2.75) is 26.2 Å². The molecule has 0 spiro atoms. The van der Waals surface area contributed by atoms with E-state index in [0.717, 1.165) is 32.6 Å². The largest absolute Gasteiger partial charge is 0.307 e. The molecule has 0 unspecified atom stereocenters. The predicted molar refractivity (Wildman–Crippen MR) is 176 cm³/mol. The average Bonchev–Trinajstić information content (AvgIpc) is 3.45. The number of nitrogens with zero attached hydrogens (tertiary/aromatic N) is 1. The summed E-state index contributed by atoms with van der Waals surface area (Å²) in [5.74, 6) is 0. The smallest absolute Gasteiger partial charge is 0.0833 e. The Morgan fingerprint density at radius 2 is 1.40 bits per heavy atom. The molecule has 4 heteroatoms. The molecule has 1 heterocycles. The molecule has 0 aliphatic rings. The standard InChI is InChI=1S/C36H29Cl2NS/c1-36(2,3)28-16-19-34-30(22-28)33(23-40-34)39(29-17-14-26(15-18-29)24-10-6-4-7-11-24)32-21-27(20-31(37)35(32)38)25-12-8-5-9-13-25/h4-23H,1-3H3/i5D,8D,9D,12D,13D.